The van der Waals surface area contributed by atoms with Gasteiger partial charge in [-0.05, 0) is 43.6 Å². The lowest BCUT2D eigenvalue weighted by Gasteiger charge is -2.38. The molecule has 2 saturated carbocycles. The van der Waals surface area contributed by atoms with Crippen molar-refractivity contribution in [3.8, 4) is 5.88 Å². The standard InChI is InChI=1S/C17H23NO2/c1-11(19)12-6-8-18-15(9-12)20-14-10-13-5-7-17(14,4)16(13,2)3/h6,8-9,13-14H,5,7,10H2,1-4H3. The Balaban J connectivity index is 1.83. The number of pyridine rings is 1. The summed E-state index contributed by atoms with van der Waals surface area (Å²) >= 11 is 0. The van der Waals surface area contributed by atoms with Crippen molar-refractivity contribution in [2.24, 2.45) is 16.7 Å². The molecule has 0 amide bonds. The fourth-order valence-electron chi connectivity index (χ4n) is 4.15. The smallest absolute Gasteiger partial charge is 0.214 e. The van der Waals surface area contributed by atoms with Crippen LogP contribution in [0.2, 0.25) is 0 Å². The van der Waals surface area contributed by atoms with Gasteiger partial charge < -0.3 is 4.74 Å². The summed E-state index contributed by atoms with van der Waals surface area (Å²) in [7, 11) is 0. The first-order valence-corrected chi connectivity index (χ1v) is 7.48. The van der Waals surface area contributed by atoms with Crippen LogP contribution in [0.5, 0.6) is 5.88 Å². The summed E-state index contributed by atoms with van der Waals surface area (Å²) in [5, 5.41) is 0. The third kappa shape index (κ3) is 1.79. The maximum Gasteiger partial charge on any atom is 0.214 e. The highest BCUT2D eigenvalue weighted by Crippen LogP contribution is 2.66. The van der Waals surface area contributed by atoms with Crippen molar-refractivity contribution in [2.45, 2.75) is 53.1 Å². The van der Waals surface area contributed by atoms with Gasteiger partial charge in [0, 0.05) is 23.2 Å². The Morgan fingerprint density at radius 1 is 1.40 bits per heavy atom. The van der Waals surface area contributed by atoms with Crippen LogP contribution in [-0.4, -0.2) is 16.9 Å². The number of carbonyl (C=O) groups excluding carboxylic acids is 1. The van der Waals surface area contributed by atoms with E-state index in [2.05, 4.69) is 25.8 Å². The number of nitrogens with zero attached hydrogens (tertiary/aromatic N) is 1. The summed E-state index contributed by atoms with van der Waals surface area (Å²) in [4.78, 5) is 15.7. The fourth-order valence-corrected chi connectivity index (χ4v) is 4.15. The molecular formula is C17H23NO2. The molecule has 0 spiro atoms. The van der Waals surface area contributed by atoms with E-state index in [1.165, 1.54) is 12.8 Å². The SMILES string of the molecule is CC(=O)c1ccnc(OC2CC3CCC2(C)C3(C)C)c1. The van der Waals surface area contributed by atoms with Crippen molar-refractivity contribution in [3.05, 3.63) is 23.9 Å². The maximum atomic E-state index is 11.4. The molecule has 0 aromatic carbocycles. The predicted octanol–water partition coefficient (Wildman–Crippen LogP) is 3.88. The number of ether oxygens (including phenoxy) is 1. The molecule has 3 nitrogen and oxygen atoms in total. The van der Waals surface area contributed by atoms with Gasteiger partial charge in [0.25, 0.3) is 0 Å². The Hall–Kier alpha value is -1.38. The van der Waals surface area contributed by atoms with Crippen molar-refractivity contribution in [1.82, 2.24) is 4.98 Å². The molecule has 0 saturated heterocycles. The second kappa shape index (κ2) is 4.31. The highest BCUT2D eigenvalue weighted by molar-refractivity contribution is 5.94. The molecule has 0 radical (unpaired) electrons. The Bertz CT molecular complexity index is 552. The lowest BCUT2D eigenvalue weighted by Crippen LogP contribution is -2.39. The van der Waals surface area contributed by atoms with Crippen LogP contribution in [0.4, 0.5) is 0 Å². The predicted molar refractivity (Wildman–Crippen MR) is 77.9 cm³/mol. The van der Waals surface area contributed by atoms with Crippen LogP contribution in [0.25, 0.3) is 0 Å². The van der Waals surface area contributed by atoms with Gasteiger partial charge >= 0.3 is 0 Å². The Labute approximate surface area is 120 Å². The zero-order valence-corrected chi connectivity index (χ0v) is 12.8. The Morgan fingerprint density at radius 2 is 2.15 bits per heavy atom. The third-order valence-corrected chi connectivity index (χ3v) is 6.12. The highest BCUT2D eigenvalue weighted by atomic mass is 16.5. The molecule has 3 atom stereocenters. The van der Waals surface area contributed by atoms with Gasteiger partial charge in [-0.15, -0.1) is 0 Å². The molecule has 0 aliphatic heterocycles. The molecule has 2 bridgehead atoms. The Morgan fingerprint density at radius 3 is 2.70 bits per heavy atom. The first-order chi connectivity index (χ1) is 9.34. The minimum Gasteiger partial charge on any atom is -0.474 e. The zero-order chi connectivity index (χ0) is 14.5. The average Bonchev–Trinajstić information content (AvgIpc) is 2.72. The largest absolute Gasteiger partial charge is 0.474 e. The molecule has 0 N–H and O–H groups in total. The first kappa shape index (κ1) is 13.6. The minimum absolute atomic E-state index is 0.0525. The molecule has 2 aliphatic carbocycles. The van der Waals surface area contributed by atoms with Crippen LogP contribution in [0.15, 0.2) is 18.3 Å². The van der Waals surface area contributed by atoms with Gasteiger partial charge in [0.2, 0.25) is 5.88 Å². The number of ketones is 1. The van der Waals surface area contributed by atoms with Gasteiger partial charge in [-0.25, -0.2) is 4.98 Å². The van der Waals surface area contributed by atoms with Crippen molar-refractivity contribution in [3.63, 3.8) is 0 Å². The van der Waals surface area contributed by atoms with Gasteiger partial charge in [-0.3, -0.25) is 4.79 Å². The Kier molecular flexibility index (Phi) is 2.93. The van der Waals surface area contributed by atoms with Crippen molar-refractivity contribution in [2.75, 3.05) is 0 Å². The molecule has 2 aliphatic rings. The van der Waals surface area contributed by atoms with Crippen LogP contribution in [-0.2, 0) is 0 Å². The van der Waals surface area contributed by atoms with E-state index < -0.39 is 0 Å². The van der Waals surface area contributed by atoms with Crippen LogP contribution < -0.4 is 4.74 Å². The van der Waals surface area contributed by atoms with Crippen LogP contribution in [0.1, 0.15) is 57.3 Å². The maximum absolute atomic E-state index is 11.4. The van der Waals surface area contributed by atoms with Crippen molar-refractivity contribution in [1.29, 1.82) is 0 Å². The monoisotopic (exact) mass is 273 g/mol. The van der Waals surface area contributed by atoms with E-state index >= 15 is 0 Å². The minimum atomic E-state index is 0.0525. The number of hydrogen-bond acceptors (Lipinski definition) is 3. The van der Waals surface area contributed by atoms with Gasteiger partial charge in [0.05, 0.1) is 0 Å². The fraction of sp³-hybridized carbons (Fsp3) is 0.647. The van der Waals surface area contributed by atoms with Crippen LogP contribution >= 0.6 is 0 Å². The molecule has 1 aromatic rings. The lowest BCUT2D eigenvalue weighted by atomic mass is 9.70. The number of rotatable bonds is 3. The van der Waals surface area contributed by atoms with Crippen LogP contribution in [0.3, 0.4) is 0 Å². The van der Waals surface area contributed by atoms with E-state index in [1.807, 2.05) is 0 Å². The van der Waals surface area contributed by atoms with E-state index in [-0.39, 0.29) is 17.3 Å². The molecule has 2 fully saturated rings. The third-order valence-electron chi connectivity index (χ3n) is 6.12. The number of fused-ring (bicyclic) bond motifs is 2. The second-order valence-electron chi connectivity index (χ2n) is 7.16. The summed E-state index contributed by atoms with van der Waals surface area (Å²) < 4.78 is 6.18. The topological polar surface area (TPSA) is 39.2 Å². The van der Waals surface area contributed by atoms with Crippen LogP contribution in [0, 0.1) is 16.7 Å². The van der Waals surface area contributed by atoms with Gasteiger partial charge in [-0.2, -0.15) is 0 Å². The molecule has 3 unspecified atom stereocenters. The van der Waals surface area contributed by atoms with E-state index in [1.54, 1.807) is 25.3 Å². The van der Waals surface area contributed by atoms with Crippen molar-refractivity contribution >= 4 is 5.78 Å². The average molecular weight is 273 g/mol. The van der Waals surface area contributed by atoms with Gasteiger partial charge in [0.15, 0.2) is 5.78 Å². The summed E-state index contributed by atoms with van der Waals surface area (Å²) in [6.45, 7) is 8.65. The lowest BCUT2D eigenvalue weighted by molar-refractivity contribution is 0.0272. The summed E-state index contributed by atoms with van der Waals surface area (Å²) in [5.74, 6) is 1.39. The molecule has 1 aromatic heterocycles. The van der Waals surface area contributed by atoms with E-state index in [9.17, 15) is 4.79 Å². The normalized spacial score (nSPS) is 34.2. The van der Waals surface area contributed by atoms with E-state index in [0.29, 0.717) is 16.9 Å². The first-order valence-electron chi connectivity index (χ1n) is 7.48. The molecule has 20 heavy (non-hydrogen) atoms. The van der Waals surface area contributed by atoms with E-state index in [4.69, 9.17) is 4.74 Å². The highest BCUT2D eigenvalue weighted by Gasteiger charge is 2.62. The van der Waals surface area contributed by atoms with E-state index in [0.717, 1.165) is 12.3 Å². The summed E-state index contributed by atoms with van der Waals surface area (Å²) in [6, 6.07) is 3.51. The molecule has 108 valence electrons. The number of carbonyl (C=O) groups is 1. The van der Waals surface area contributed by atoms with Crippen molar-refractivity contribution < 1.29 is 9.53 Å². The molecule has 1 heterocycles. The quantitative estimate of drug-likeness (QED) is 0.785. The number of Topliss-reactive ketones (excluding diaryl/α,β-unsaturated/α-hetero) is 1. The molecule has 3 heteroatoms. The number of aromatic nitrogens is 1. The summed E-state index contributed by atoms with van der Waals surface area (Å²) in [6.07, 6.45) is 5.51. The second-order valence-corrected chi connectivity index (χ2v) is 7.16. The summed E-state index contributed by atoms with van der Waals surface area (Å²) in [5.41, 5.74) is 1.21. The molecule has 3 rings (SSSR count). The number of hydrogen-bond donors (Lipinski definition) is 0. The molecular weight excluding hydrogens is 250 g/mol. The van der Waals surface area contributed by atoms with Gasteiger partial charge in [-0.1, -0.05) is 20.8 Å². The van der Waals surface area contributed by atoms with Gasteiger partial charge in [0.1, 0.15) is 6.10 Å². The zero-order valence-electron chi connectivity index (χ0n) is 12.8.